The van der Waals surface area contributed by atoms with Crippen molar-refractivity contribution in [3.8, 4) is 0 Å². The standard InChI is InChI=1S/C7H10O5/c8-6(9)2-1-4-5(12-4)3-7(10)11/h4-5H,1-3H2,(H,8,9)(H,10,11). The molecule has 0 amide bonds. The molecule has 0 aromatic rings. The van der Waals surface area contributed by atoms with Crippen molar-refractivity contribution in [1.82, 2.24) is 0 Å². The predicted molar refractivity (Wildman–Crippen MR) is 37.8 cm³/mol. The second-order valence-corrected chi connectivity index (χ2v) is 2.74. The largest absolute Gasteiger partial charge is 0.481 e. The first kappa shape index (κ1) is 8.99. The number of hydrogen-bond acceptors (Lipinski definition) is 3. The SMILES string of the molecule is O=C(O)CCC1OC1CC(=O)O. The van der Waals surface area contributed by atoms with Crippen LogP contribution < -0.4 is 0 Å². The summed E-state index contributed by atoms with van der Waals surface area (Å²) in [4.78, 5) is 20.2. The first-order valence-electron chi connectivity index (χ1n) is 3.68. The number of carbonyl (C=O) groups is 2. The van der Waals surface area contributed by atoms with Crippen molar-refractivity contribution >= 4 is 11.9 Å². The molecule has 1 saturated heterocycles. The quantitative estimate of drug-likeness (QED) is 0.577. The Morgan fingerprint density at radius 2 is 1.83 bits per heavy atom. The number of epoxide rings is 1. The highest BCUT2D eigenvalue weighted by Crippen LogP contribution is 2.29. The molecule has 0 spiro atoms. The molecule has 68 valence electrons. The minimum absolute atomic E-state index is 0.0235. The van der Waals surface area contributed by atoms with E-state index in [1.807, 2.05) is 0 Å². The van der Waals surface area contributed by atoms with Crippen LogP contribution in [-0.4, -0.2) is 34.4 Å². The van der Waals surface area contributed by atoms with E-state index >= 15 is 0 Å². The van der Waals surface area contributed by atoms with Gasteiger partial charge in [0.1, 0.15) is 0 Å². The van der Waals surface area contributed by atoms with Crippen molar-refractivity contribution in [1.29, 1.82) is 0 Å². The van der Waals surface area contributed by atoms with E-state index < -0.39 is 11.9 Å². The molecule has 0 radical (unpaired) electrons. The van der Waals surface area contributed by atoms with Gasteiger partial charge in [-0.15, -0.1) is 0 Å². The van der Waals surface area contributed by atoms with Crippen LogP contribution in [0.25, 0.3) is 0 Å². The van der Waals surface area contributed by atoms with Gasteiger partial charge in [-0.3, -0.25) is 9.59 Å². The van der Waals surface area contributed by atoms with E-state index in [0.29, 0.717) is 6.42 Å². The molecule has 1 aliphatic heterocycles. The fourth-order valence-corrected chi connectivity index (χ4v) is 1.05. The molecule has 0 bridgehead atoms. The minimum Gasteiger partial charge on any atom is -0.481 e. The summed E-state index contributed by atoms with van der Waals surface area (Å²) in [7, 11) is 0. The van der Waals surface area contributed by atoms with E-state index in [4.69, 9.17) is 14.9 Å². The first-order valence-corrected chi connectivity index (χ1v) is 3.68. The van der Waals surface area contributed by atoms with E-state index in [-0.39, 0.29) is 25.0 Å². The summed E-state index contributed by atoms with van der Waals surface area (Å²) < 4.78 is 4.93. The van der Waals surface area contributed by atoms with Gasteiger partial charge >= 0.3 is 11.9 Å². The van der Waals surface area contributed by atoms with Crippen molar-refractivity contribution < 1.29 is 24.5 Å². The van der Waals surface area contributed by atoms with Crippen molar-refractivity contribution in [3.63, 3.8) is 0 Å². The molecule has 1 aliphatic rings. The van der Waals surface area contributed by atoms with Gasteiger partial charge in [0.25, 0.3) is 0 Å². The van der Waals surface area contributed by atoms with E-state index in [2.05, 4.69) is 0 Å². The molecular formula is C7H10O5. The third kappa shape index (κ3) is 2.87. The molecule has 1 fully saturated rings. The number of hydrogen-bond donors (Lipinski definition) is 2. The Bertz CT molecular complexity index is 200. The molecule has 2 unspecified atom stereocenters. The Labute approximate surface area is 68.9 Å². The maximum absolute atomic E-state index is 10.1. The highest BCUT2D eigenvalue weighted by molar-refractivity contribution is 5.68. The van der Waals surface area contributed by atoms with Crippen LogP contribution in [0, 0.1) is 0 Å². The number of rotatable bonds is 5. The second-order valence-electron chi connectivity index (χ2n) is 2.74. The van der Waals surface area contributed by atoms with Crippen molar-refractivity contribution in [2.45, 2.75) is 31.5 Å². The number of aliphatic carboxylic acids is 2. The molecule has 0 aromatic heterocycles. The van der Waals surface area contributed by atoms with Crippen LogP contribution in [0.5, 0.6) is 0 Å². The zero-order chi connectivity index (χ0) is 9.14. The lowest BCUT2D eigenvalue weighted by atomic mass is 10.1. The van der Waals surface area contributed by atoms with Crippen molar-refractivity contribution in [2.75, 3.05) is 0 Å². The Balaban J connectivity index is 2.08. The van der Waals surface area contributed by atoms with E-state index in [9.17, 15) is 9.59 Å². The van der Waals surface area contributed by atoms with Crippen LogP contribution in [0.15, 0.2) is 0 Å². The highest BCUT2D eigenvalue weighted by Gasteiger charge is 2.39. The molecule has 0 aliphatic carbocycles. The molecule has 0 aromatic carbocycles. The van der Waals surface area contributed by atoms with E-state index in [0.717, 1.165) is 0 Å². The summed E-state index contributed by atoms with van der Waals surface area (Å²) in [6.45, 7) is 0. The average Bonchev–Trinajstić information content (AvgIpc) is 2.62. The topological polar surface area (TPSA) is 87.1 Å². The zero-order valence-corrected chi connectivity index (χ0v) is 6.40. The monoisotopic (exact) mass is 174 g/mol. The molecule has 1 rings (SSSR count). The number of carboxylic acid groups (broad SMARTS) is 2. The van der Waals surface area contributed by atoms with Gasteiger partial charge in [0.05, 0.1) is 18.6 Å². The van der Waals surface area contributed by atoms with Crippen LogP contribution in [0.1, 0.15) is 19.3 Å². The molecule has 1 heterocycles. The van der Waals surface area contributed by atoms with Crippen molar-refractivity contribution in [2.24, 2.45) is 0 Å². The highest BCUT2D eigenvalue weighted by atomic mass is 16.6. The number of ether oxygens (including phenoxy) is 1. The second kappa shape index (κ2) is 3.53. The lowest BCUT2D eigenvalue weighted by molar-refractivity contribution is -0.138. The summed E-state index contributed by atoms with van der Waals surface area (Å²) in [6, 6.07) is 0. The van der Waals surface area contributed by atoms with Gasteiger partial charge in [0, 0.05) is 6.42 Å². The first-order chi connectivity index (χ1) is 5.59. The normalized spacial score (nSPS) is 26.7. The smallest absolute Gasteiger partial charge is 0.306 e. The maximum atomic E-state index is 10.1. The van der Waals surface area contributed by atoms with Gasteiger partial charge < -0.3 is 14.9 Å². The van der Waals surface area contributed by atoms with Crippen LogP contribution in [-0.2, 0) is 14.3 Å². The lowest BCUT2D eigenvalue weighted by Gasteiger charge is -1.89. The average molecular weight is 174 g/mol. The number of carboxylic acids is 2. The zero-order valence-electron chi connectivity index (χ0n) is 6.40. The third-order valence-electron chi connectivity index (χ3n) is 1.71. The van der Waals surface area contributed by atoms with Crippen LogP contribution in [0.3, 0.4) is 0 Å². The maximum Gasteiger partial charge on any atom is 0.306 e. The molecule has 5 nitrogen and oxygen atoms in total. The molecule has 0 saturated carbocycles. The molecule has 5 heteroatoms. The van der Waals surface area contributed by atoms with Gasteiger partial charge in [-0.25, -0.2) is 0 Å². The molecular weight excluding hydrogens is 164 g/mol. The fourth-order valence-electron chi connectivity index (χ4n) is 1.05. The lowest BCUT2D eigenvalue weighted by Crippen LogP contribution is -2.04. The summed E-state index contributed by atoms with van der Waals surface area (Å²) in [5.41, 5.74) is 0. The Hall–Kier alpha value is -1.10. The van der Waals surface area contributed by atoms with Crippen LogP contribution in [0.4, 0.5) is 0 Å². The summed E-state index contributed by atoms with van der Waals surface area (Å²) in [5, 5.41) is 16.6. The fraction of sp³-hybridized carbons (Fsp3) is 0.714. The van der Waals surface area contributed by atoms with Gasteiger partial charge in [-0.05, 0) is 6.42 Å². The summed E-state index contributed by atoms with van der Waals surface area (Å²) in [6.07, 6.45) is 0.0114. The predicted octanol–water partition coefficient (Wildman–Crippen LogP) is 0.0933. The Kier molecular flexibility index (Phi) is 2.65. The molecule has 2 atom stereocenters. The molecule has 2 N–H and O–H groups in total. The van der Waals surface area contributed by atoms with Crippen molar-refractivity contribution in [3.05, 3.63) is 0 Å². The summed E-state index contributed by atoms with van der Waals surface area (Å²) in [5.74, 6) is -1.78. The van der Waals surface area contributed by atoms with E-state index in [1.54, 1.807) is 0 Å². The molecule has 12 heavy (non-hydrogen) atoms. The van der Waals surface area contributed by atoms with Gasteiger partial charge in [-0.2, -0.15) is 0 Å². The summed E-state index contributed by atoms with van der Waals surface area (Å²) >= 11 is 0. The van der Waals surface area contributed by atoms with Gasteiger partial charge in [0.15, 0.2) is 0 Å². The van der Waals surface area contributed by atoms with E-state index in [1.165, 1.54) is 0 Å². The van der Waals surface area contributed by atoms with Gasteiger partial charge in [-0.1, -0.05) is 0 Å². The van der Waals surface area contributed by atoms with Gasteiger partial charge in [0.2, 0.25) is 0 Å². The Morgan fingerprint density at radius 3 is 2.33 bits per heavy atom. The minimum atomic E-state index is -0.905. The third-order valence-corrected chi connectivity index (χ3v) is 1.71. The Morgan fingerprint density at radius 1 is 1.17 bits per heavy atom. The van der Waals surface area contributed by atoms with Crippen LogP contribution >= 0.6 is 0 Å². The van der Waals surface area contributed by atoms with Crippen LogP contribution in [0.2, 0.25) is 0 Å².